The number of alkyl carbamates (subject to hydrolysis) is 1. The number of hydrogen-bond donors (Lipinski definition) is 1. The summed E-state index contributed by atoms with van der Waals surface area (Å²) in [5, 5.41) is 6.80. The number of carbonyl (C=O) groups excluding carboxylic acids is 1. The highest BCUT2D eigenvalue weighted by Crippen LogP contribution is 2.29. The van der Waals surface area contributed by atoms with Crippen molar-refractivity contribution < 1.29 is 9.53 Å². The van der Waals surface area contributed by atoms with Crippen LogP contribution in [0.4, 0.5) is 4.79 Å². The Morgan fingerprint density at radius 3 is 2.50 bits per heavy atom. The lowest BCUT2D eigenvalue weighted by atomic mass is 9.83. The van der Waals surface area contributed by atoms with E-state index in [4.69, 9.17) is 10.3 Å². The summed E-state index contributed by atoms with van der Waals surface area (Å²) < 4.78 is 5.35. The Hall–Kier alpha value is -1.42. The van der Waals surface area contributed by atoms with Gasteiger partial charge in [-0.25, -0.2) is 4.79 Å². The van der Waals surface area contributed by atoms with E-state index < -0.39 is 11.7 Å². The zero-order valence-corrected chi connectivity index (χ0v) is 14.3. The number of carbonyl (C=O) groups is 1. The van der Waals surface area contributed by atoms with Crippen molar-refractivity contribution in [1.29, 1.82) is 0 Å². The quantitative estimate of drug-likeness (QED) is 0.428. The van der Waals surface area contributed by atoms with E-state index in [1.165, 1.54) is 32.1 Å². The molecule has 0 saturated heterocycles. The standard InChI is InChI=1S/C16H30N4O2/c1-5-13(19-20-17)14(11-12-9-7-6-8-10-12)18-15(21)22-16(2,3)4/h12-14H,5-11H2,1-4H3,(H,18,21)/t13?,14-/m0/s1. The molecule has 6 nitrogen and oxygen atoms in total. The van der Waals surface area contributed by atoms with Crippen LogP contribution in [0.5, 0.6) is 0 Å². The number of azide groups is 1. The zero-order valence-electron chi connectivity index (χ0n) is 14.3. The lowest BCUT2D eigenvalue weighted by molar-refractivity contribution is 0.0485. The fraction of sp³-hybridized carbons (Fsp3) is 0.938. The molecule has 0 aromatic heterocycles. The number of nitrogens with one attached hydrogen (secondary N) is 1. The van der Waals surface area contributed by atoms with Gasteiger partial charge in [0.15, 0.2) is 0 Å². The molecule has 1 amide bonds. The van der Waals surface area contributed by atoms with Crippen molar-refractivity contribution in [3.05, 3.63) is 10.4 Å². The average molecular weight is 310 g/mol. The molecule has 1 aliphatic rings. The van der Waals surface area contributed by atoms with Gasteiger partial charge in [-0.3, -0.25) is 0 Å². The number of nitrogens with zero attached hydrogens (tertiary/aromatic N) is 3. The lowest BCUT2D eigenvalue weighted by Crippen LogP contribution is -2.45. The Morgan fingerprint density at radius 1 is 1.36 bits per heavy atom. The molecule has 6 heteroatoms. The highest BCUT2D eigenvalue weighted by Gasteiger charge is 2.27. The summed E-state index contributed by atoms with van der Waals surface area (Å²) in [4.78, 5) is 15.0. The monoisotopic (exact) mass is 310 g/mol. The fourth-order valence-corrected chi connectivity index (χ4v) is 3.07. The smallest absolute Gasteiger partial charge is 0.407 e. The van der Waals surface area contributed by atoms with Crippen LogP contribution in [0.1, 0.15) is 72.6 Å². The maximum Gasteiger partial charge on any atom is 0.407 e. The number of amides is 1. The van der Waals surface area contributed by atoms with E-state index in [1.807, 2.05) is 27.7 Å². The summed E-state index contributed by atoms with van der Waals surface area (Å²) in [7, 11) is 0. The van der Waals surface area contributed by atoms with Gasteiger partial charge in [-0.15, -0.1) is 0 Å². The second kappa shape index (κ2) is 8.89. The summed E-state index contributed by atoms with van der Waals surface area (Å²) in [6, 6.07) is -0.377. The first-order chi connectivity index (χ1) is 10.4. The second-order valence-corrected chi connectivity index (χ2v) is 7.17. The molecule has 0 heterocycles. The molecule has 126 valence electrons. The summed E-state index contributed by atoms with van der Waals surface area (Å²) >= 11 is 0. The second-order valence-electron chi connectivity index (χ2n) is 7.17. The van der Waals surface area contributed by atoms with Crippen molar-refractivity contribution in [3.63, 3.8) is 0 Å². The summed E-state index contributed by atoms with van der Waals surface area (Å²) in [5.41, 5.74) is 8.23. The van der Waals surface area contributed by atoms with E-state index in [1.54, 1.807) is 0 Å². The maximum atomic E-state index is 12.1. The van der Waals surface area contributed by atoms with E-state index in [2.05, 4.69) is 15.3 Å². The van der Waals surface area contributed by atoms with Crippen molar-refractivity contribution in [1.82, 2.24) is 5.32 Å². The molecule has 0 bridgehead atoms. The summed E-state index contributed by atoms with van der Waals surface area (Å²) in [5.74, 6) is 0.594. The van der Waals surface area contributed by atoms with Crippen molar-refractivity contribution >= 4 is 6.09 Å². The number of ether oxygens (including phenoxy) is 1. The molecule has 1 rings (SSSR count). The highest BCUT2D eigenvalue weighted by molar-refractivity contribution is 5.68. The van der Waals surface area contributed by atoms with Gasteiger partial charge in [0.05, 0.1) is 6.04 Å². The summed E-state index contributed by atoms with van der Waals surface area (Å²) in [6.45, 7) is 7.50. The first-order valence-electron chi connectivity index (χ1n) is 8.39. The van der Waals surface area contributed by atoms with Crippen LogP contribution in [0.3, 0.4) is 0 Å². The molecule has 0 aliphatic heterocycles. The third kappa shape index (κ3) is 7.03. The third-order valence-corrected chi connectivity index (χ3v) is 4.10. The van der Waals surface area contributed by atoms with E-state index >= 15 is 0 Å². The highest BCUT2D eigenvalue weighted by atomic mass is 16.6. The van der Waals surface area contributed by atoms with Crippen LogP contribution >= 0.6 is 0 Å². The van der Waals surface area contributed by atoms with E-state index in [0.29, 0.717) is 12.3 Å². The predicted molar refractivity (Wildman–Crippen MR) is 87.6 cm³/mol. The van der Waals surface area contributed by atoms with Crippen molar-refractivity contribution in [2.75, 3.05) is 0 Å². The molecule has 0 aromatic rings. The predicted octanol–water partition coefficient (Wildman–Crippen LogP) is 4.94. The van der Waals surface area contributed by atoms with Gasteiger partial charge in [-0.1, -0.05) is 44.1 Å². The van der Waals surface area contributed by atoms with Crippen LogP contribution in [0, 0.1) is 5.92 Å². The molecule has 22 heavy (non-hydrogen) atoms. The van der Waals surface area contributed by atoms with E-state index in [9.17, 15) is 4.79 Å². The number of hydrogen-bond acceptors (Lipinski definition) is 3. The third-order valence-electron chi connectivity index (χ3n) is 4.10. The molecule has 1 unspecified atom stereocenters. The molecule has 1 fully saturated rings. The largest absolute Gasteiger partial charge is 0.444 e. The first kappa shape index (κ1) is 18.6. The van der Waals surface area contributed by atoms with Crippen LogP contribution in [0.2, 0.25) is 0 Å². The van der Waals surface area contributed by atoms with Gasteiger partial charge in [-0.2, -0.15) is 0 Å². The molecular formula is C16H30N4O2. The Labute approximate surface area is 133 Å². The Morgan fingerprint density at radius 2 is 2.00 bits per heavy atom. The van der Waals surface area contributed by atoms with Crippen LogP contribution in [-0.2, 0) is 4.74 Å². The van der Waals surface area contributed by atoms with Gasteiger partial charge in [0, 0.05) is 11.0 Å². The molecule has 0 radical (unpaired) electrons. The van der Waals surface area contributed by atoms with Gasteiger partial charge >= 0.3 is 6.09 Å². The maximum absolute atomic E-state index is 12.1. The van der Waals surface area contributed by atoms with Gasteiger partial charge in [0.25, 0.3) is 0 Å². The fourth-order valence-electron chi connectivity index (χ4n) is 3.07. The minimum Gasteiger partial charge on any atom is -0.444 e. The van der Waals surface area contributed by atoms with E-state index in [-0.39, 0.29) is 12.1 Å². The zero-order chi connectivity index (χ0) is 16.6. The SMILES string of the molecule is CCC(N=[N+]=[N-])[C@H](CC1CCCCC1)NC(=O)OC(C)(C)C. The minimum atomic E-state index is -0.528. The Balaban J connectivity index is 2.71. The first-order valence-corrected chi connectivity index (χ1v) is 8.39. The molecular weight excluding hydrogens is 280 g/mol. The van der Waals surface area contributed by atoms with Crippen molar-refractivity contribution in [2.24, 2.45) is 11.0 Å². The van der Waals surface area contributed by atoms with Gasteiger partial charge in [0.2, 0.25) is 0 Å². The van der Waals surface area contributed by atoms with Crippen LogP contribution < -0.4 is 5.32 Å². The molecule has 2 atom stereocenters. The number of rotatable bonds is 6. The minimum absolute atomic E-state index is 0.154. The van der Waals surface area contributed by atoms with Gasteiger partial charge in [-0.05, 0) is 45.1 Å². The van der Waals surface area contributed by atoms with E-state index in [0.717, 1.165) is 6.42 Å². The molecule has 1 N–H and O–H groups in total. The molecule has 1 saturated carbocycles. The topological polar surface area (TPSA) is 87.1 Å². The van der Waals surface area contributed by atoms with Crippen LogP contribution in [-0.4, -0.2) is 23.8 Å². The van der Waals surface area contributed by atoms with Gasteiger partial charge in [0.1, 0.15) is 5.60 Å². The van der Waals surface area contributed by atoms with Crippen LogP contribution in [0.15, 0.2) is 5.11 Å². The molecule has 0 spiro atoms. The normalized spacial score (nSPS) is 18.9. The van der Waals surface area contributed by atoms with Gasteiger partial charge < -0.3 is 10.1 Å². The Kier molecular flexibility index (Phi) is 7.52. The molecule has 1 aliphatic carbocycles. The molecule has 0 aromatic carbocycles. The van der Waals surface area contributed by atoms with Crippen molar-refractivity contribution in [3.8, 4) is 0 Å². The summed E-state index contributed by atoms with van der Waals surface area (Å²) in [6.07, 6.45) is 7.32. The Bertz CT molecular complexity index is 393. The van der Waals surface area contributed by atoms with Crippen molar-refractivity contribution in [2.45, 2.75) is 90.3 Å². The lowest BCUT2D eigenvalue weighted by Gasteiger charge is -2.31. The average Bonchev–Trinajstić information content (AvgIpc) is 2.43. The van der Waals surface area contributed by atoms with Crippen LogP contribution in [0.25, 0.3) is 10.4 Å².